The minimum absolute atomic E-state index is 0.0907. The third-order valence-corrected chi connectivity index (χ3v) is 1.88. The van der Waals surface area contributed by atoms with Crippen LogP contribution in [0.4, 0.5) is 18.9 Å². The number of hydrogen-bond acceptors (Lipinski definition) is 3. The number of hydrogen-bond donors (Lipinski definition) is 0. The van der Waals surface area contributed by atoms with Crippen LogP contribution in [-0.2, 0) is 17.4 Å². The van der Waals surface area contributed by atoms with Crippen LogP contribution < -0.4 is 0 Å². The van der Waals surface area contributed by atoms with E-state index in [0.717, 1.165) is 12.1 Å². The Labute approximate surface area is 87.8 Å². The monoisotopic (exact) mass is 233 g/mol. The van der Waals surface area contributed by atoms with E-state index in [1.54, 1.807) is 0 Å². The van der Waals surface area contributed by atoms with E-state index in [1.165, 1.54) is 0 Å². The maximum atomic E-state index is 12.4. The highest BCUT2D eigenvalue weighted by atomic mass is 19.4. The van der Waals surface area contributed by atoms with Crippen molar-refractivity contribution in [2.75, 3.05) is 0 Å². The molecular formula is C9H6F3NO3. The molecule has 0 aliphatic rings. The summed E-state index contributed by atoms with van der Waals surface area (Å²) in [5.74, 6) is 0. The van der Waals surface area contributed by atoms with E-state index in [0.29, 0.717) is 12.4 Å². The first-order chi connectivity index (χ1) is 7.36. The van der Waals surface area contributed by atoms with E-state index >= 15 is 0 Å². The minimum Gasteiger partial charge on any atom is -0.303 e. The van der Waals surface area contributed by atoms with Gasteiger partial charge in [0.2, 0.25) is 0 Å². The van der Waals surface area contributed by atoms with Crippen molar-refractivity contribution in [3.05, 3.63) is 39.4 Å². The van der Waals surface area contributed by atoms with Crippen LogP contribution in [0.25, 0.3) is 0 Å². The predicted octanol–water partition coefficient (Wildman–Crippen LogP) is 2.36. The molecule has 0 spiro atoms. The van der Waals surface area contributed by atoms with Gasteiger partial charge in [0.15, 0.2) is 0 Å². The molecule has 0 saturated heterocycles. The van der Waals surface area contributed by atoms with Gasteiger partial charge in [0.05, 0.1) is 4.92 Å². The molecule has 0 fully saturated rings. The van der Waals surface area contributed by atoms with Gasteiger partial charge in [-0.1, -0.05) is 6.07 Å². The molecule has 7 heteroatoms. The molecule has 86 valence electrons. The van der Waals surface area contributed by atoms with E-state index in [-0.39, 0.29) is 12.0 Å². The van der Waals surface area contributed by atoms with Crippen molar-refractivity contribution in [2.45, 2.75) is 12.6 Å². The van der Waals surface area contributed by atoms with Gasteiger partial charge in [0.1, 0.15) is 11.8 Å². The lowest BCUT2D eigenvalue weighted by atomic mass is 10.1. The molecule has 16 heavy (non-hydrogen) atoms. The summed E-state index contributed by atoms with van der Waals surface area (Å²) >= 11 is 0. The number of carbonyl (C=O) groups excluding carboxylic acids is 1. The fourth-order valence-electron chi connectivity index (χ4n) is 1.19. The number of alkyl halides is 3. The van der Waals surface area contributed by atoms with Crippen LogP contribution in [0.3, 0.4) is 0 Å². The molecule has 0 aliphatic carbocycles. The maximum absolute atomic E-state index is 12.4. The second kappa shape index (κ2) is 4.30. The summed E-state index contributed by atoms with van der Waals surface area (Å²) in [5.41, 5.74) is -2.26. The molecular weight excluding hydrogens is 227 g/mol. The molecule has 0 aromatic heterocycles. The molecule has 0 N–H and O–H groups in total. The second-order valence-electron chi connectivity index (χ2n) is 2.98. The van der Waals surface area contributed by atoms with Gasteiger partial charge in [-0.25, -0.2) is 0 Å². The van der Waals surface area contributed by atoms with Crippen molar-refractivity contribution in [1.82, 2.24) is 0 Å². The topological polar surface area (TPSA) is 60.2 Å². The van der Waals surface area contributed by atoms with Crippen molar-refractivity contribution in [3.63, 3.8) is 0 Å². The first-order valence-electron chi connectivity index (χ1n) is 4.14. The lowest BCUT2D eigenvalue weighted by molar-refractivity contribution is -0.388. The highest BCUT2D eigenvalue weighted by Crippen LogP contribution is 2.36. The Balaban J connectivity index is 3.32. The van der Waals surface area contributed by atoms with E-state index in [2.05, 4.69) is 0 Å². The van der Waals surface area contributed by atoms with Crippen LogP contribution in [-0.4, -0.2) is 11.2 Å². The SMILES string of the molecule is O=CCc1ccc([N+](=O)[O-])c(C(F)(F)F)c1. The van der Waals surface area contributed by atoms with Gasteiger partial charge in [-0.05, 0) is 11.6 Å². The normalized spacial score (nSPS) is 11.2. The summed E-state index contributed by atoms with van der Waals surface area (Å²) in [5, 5.41) is 10.4. The van der Waals surface area contributed by atoms with E-state index in [4.69, 9.17) is 0 Å². The van der Waals surface area contributed by atoms with Crippen LogP contribution in [0.2, 0.25) is 0 Å². The van der Waals surface area contributed by atoms with Crippen LogP contribution in [0, 0.1) is 10.1 Å². The zero-order chi connectivity index (χ0) is 12.3. The Kier molecular flexibility index (Phi) is 3.26. The molecule has 0 unspecified atom stereocenters. The number of halogens is 3. The number of benzene rings is 1. The Morgan fingerprint density at radius 3 is 2.44 bits per heavy atom. The molecule has 1 aromatic carbocycles. The van der Waals surface area contributed by atoms with Crippen LogP contribution in [0.5, 0.6) is 0 Å². The lowest BCUT2D eigenvalue weighted by Crippen LogP contribution is -2.09. The fourth-order valence-corrected chi connectivity index (χ4v) is 1.19. The smallest absolute Gasteiger partial charge is 0.303 e. The summed E-state index contributed by atoms with van der Waals surface area (Å²) in [7, 11) is 0. The van der Waals surface area contributed by atoms with Gasteiger partial charge in [-0.15, -0.1) is 0 Å². The molecule has 0 bridgehead atoms. The van der Waals surface area contributed by atoms with Crippen molar-refractivity contribution < 1.29 is 22.9 Å². The Morgan fingerprint density at radius 2 is 2.00 bits per heavy atom. The molecule has 1 aromatic rings. The zero-order valence-electron chi connectivity index (χ0n) is 7.82. The van der Waals surface area contributed by atoms with Crippen molar-refractivity contribution >= 4 is 12.0 Å². The predicted molar refractivity (Wildman–Crippen MR) is 47.9 cm³/mol. The van der Waals surface area contributed by atoms with Crippen LogP contribution in [0.1, 0.15) is 11.1 Å². The minimum atomic E-state index is -4.80. The second-order valence-corrected chi connectivity index (χ2v) is 2.98. The third-order valence-electron chi connectivity index (χ3n) is 1.88. The Hall–Kier alpha value is -1.92. The largest absolute Gasteiger partial charge is 0.423 e. The number of aldehydes is 1. The number of nitro groups is 1. The number of carbonyl (C=O) groups is 1. The van der Waals surface area contributed by atoms with Crippen LogP contribution >= 0.6 is 0 Å². The fraction of sp³-hybridized carbons (Fsp3) is 0.222. The van der Waals surface area contributed by atoms with Gasteiger partial charge in [-0.2, -0.15) is 13.2 Å². The average Bonchev–Trinajstić information content (AvgIpc) is 2.16. The van der Waals surface area contributed by atoms with Gasteiger partial charge in [0.25, 0.3) is 5.69 Å². The third kappa shape index (κ3) is 2.56. The van der Waals surface area contributed by atoms with Crippen molar-refractivity contribution in [2.24, 2.45) is 0 Å². The number of nitrogens with zero attached hydrogens (tertiary/aromatic N) is 1. The number of nitro benzene ring substituents is 1. The highest BCUT2D eigenvalue weighted by molar-refractivity contribution is 5.57. The molecule has 4 nitrogen and oxygen atoms in total. The summed E-state index contributed by atoms with van der Waals surface area (Å²) in [6.45, 7) is 0. The molecule has 0 aliphatic heterocycles. The maximum Gasteiger partial charge on any atom is 0.423 e. The van der Waals surface area contributed by atoms with Gasteiger partial charge >= 0.3 is 6.18 Å². The van der Waals surface area contributed by atoms with Gasteiger partial charge < -0.3 is 4.79 Å². The quantitative estimate of drug-likeness (QED) is 0.457. The summed E-state index contributed by atoms with van der Waals surface area (Å²) in [6, 6.07) is 2.50. The van der Waals surface area contributed by atoms with Gasteiger partial charge in [-0.3, -0.25) is 10.1 Å². The van der Waals surface area contributed by atoms with E-state index in [9.17, 15) is 28.1 Å². The van der Waals surface area contributed by atoms with E-state index < -0.39 is 22.4 Å². The van der Waals surface area contributed by atoms with Crippen molar-refractivity contribution in [1.29, 1.82) is 0 Å². The van der Waals surface area contributed by atoms with Crippen LogP contribution in [0.15, 0.2) is 18.2 Å². The standard InChI is InChI=1S/C9H6F3NO3/c10-9(11,12)7-5-6(3-4-14)1-2-8(7)13(15)16/h1-2,4-5H,3H2. The van der Waals surface area contributed by atoms with E-state index in [1.807, 2.05) is 0 Å². The first kappa shape index (κ1) is 12.2. The first-order valence-corrected chi connectivity index (χ1v) is 4.14. The summed E-state index contributed by atoms with van der Waals surface area (Å²) in [4.78, 5) is 19.4. The Morgan fingerprint density at radius 1 is 1.38 bits per heavy atom. The molecule has 0 amide bonds. The Bertz CT molecular complexity index is 428. The van der Waals surface area contributed by atoms with Gasteiger partial charge in [0, 0.05) is 12.5 Å². The molecule has 0 heterocycles. The molecule has 0 saturated carbocycles. The van der Waals surface area contributed by atoms with Crippen molar-refractivity contribution in [3.8, 4) is 0 Å². The summed E-state index contributed by atoms with van der Waals surface area (Å²) < 4.78 is 37.3. The average molecular weight is 233 g/mol. The summed E-state index contributed by atoms with van der Waals surface area (Å²) in [6.07, 6.45) is -4.58. The molecule has 0 radical (unpaired) electrons. The number of rotatable bonds is 3. The lowest BCUT2D eigenvalue weighted by Gasteiger charge is -2.08. The molecule has 1 rings (SSSR count). The molecule has 0 atom stereocenters. The zero-order valence-corrected chi connectivity index (χ0v) is 7.82. The highest BCUT2D eigenvalue weighted by Gasteiger charge is 2.38.